The van der Waals surface area contributed by atoms with Crippen molar-refractivity contribution < 1.29 is 28.9 Å². The second-order valence-corrected chi connectivity index (χ2v) is 2.87. The largest absolute Gasteiger partial charge is 0.510 e. The predicted molar refractivity (Wildman–Crippen MR) is 44.3 cm³/mol. The number of hydrogen-bond acceptors (Lipinski definition) is 7. The number of ether oxygens (including phenoxy) is 3. The van der Waals surface area contributed by atoms with Crippen LogP contribution in [0.2, 0.25) is 0 Å². The summed E-state index contributed by atoms with van der Waals surface area (Å²) in [5.74, 6) is 0. The fourth-order valence-corrected chi connectivity index (χ4v) is 1.05. The predicted octanol–water partition coefficient (Wildman–Crippen LogP) is 0.483. The Morgan fingerprint density at radius 1 is 1.67 bits per heavy atom. The van der Waals surface area contributed by atoms with E-state index in [1.807, 2.05) is 0 Å². The molecule has 0 aromatic heterocycles. The van der Waals surface area contributed by atoms with Gasteiger partial charge in [0.05, 0.1) is 13.2 Å². The van der Waals surface area contributed by atoms with Crippen molar-refractivity contribution in [1.29, 1.82) is 0 Å². The molecule has 1 heterocycles. The molecule has 0 aromatic rings. The number of carbonyl (C=O) groups is 1. The lowest BCUT2D eigenvalue weighted by molar-refractivity contribution is -0.777. The Kier molecular flexibility index (Phi) is 4.10. The van der Waals surface area contributed by atoms with E-state index in [1.54, 1.807) is 0 Å². The fourth-order valence-electron chi connectivity index (χ4n) is 1.05. The van der Waals surface area contributed by atoms with E-state index in [-0.39, 0.29) is 6.10 Å². The molecular formula is C7H11NO7. The van der Waals surface area contributed by atoms with Gasteiger partial charge in [-0.1, -0.05) is 0 Å². The third kappa shape index (κ3) is 4.45. The van der Waals surface area contributed by atoms with Crippen LogP contribution in [-0.2, 0) is 19.0 Å². The second-order valence-electron chi connectivity index (χ2n) is 2.87. The Labute approximate surface area is 85.1 Å². The summed E-state index contributed by atoms with van der Waals surface area (Å²) in [7, 11) is 0. The zero-order chi connectivity index (χ0) is 11.3. The van der Waals surface area contributed by atoms with Crippen molar-refractivity contribution in [2.24, 2.45) is 0 Å². The first-order valence-corrected chi connectivity index (χ1v) is 4.34. The van der Waals surface area contributed by atoms with Gasteiger partial charge in [-0.05, 0) is 6.92 Å². The van der Waals surface area contributed by atoms with Crippen molar-refractivity contribution in [3.8, 4) is 0 Å². The molecule has 0 saturated carbocycles. The molecule has 8 heteroatoms. The van der Waals surface area contributed by atoms with Crippen LogP contribution in [0.25, 0.3) is 0 Å². The SMILES string of the molecule is CC(OC(=O)OC1CCOC1)O[N+](=O)[O-]. The van der Waals surface area contributed by atoms with Gasteiger partial charge in [0.15, 0.2) is 0 Å². The average Bonchev–Trinajstić information content (AvgIpc) is 2.53. The second kappa shape index (κ2) is 5.35. The Balaban J connectivity index is 2.19. The number of nitrogens with zero attached hydrogens (tertiary/aromatic N) is 1. The van der Waals surface area contributed by atoms with Crippen molar-refractivity contribution in [3.05, 3.63) is 10.1 Å². The Hall–Kier alpha value is -1.57. The van der Waals surface area contributed by atoms with Crippen LogP contribution < -0.4 is 0 Å². The van der Waals surface area contributed by atoms with Crippen molar-refractivity contribution in [2.45, 2.75) is 25.7 Å². The minimum atomic E-state index is -1.28. The van der Waals surface area contributed by atoms with Gasteiger partial charge in [-0.2, -0.15) is 0 Å². The van der Waals surface area contributed by atoms with Crippen LogP contribution in [-0.4, -0.2) is 36.8 Å². The van der Waals surface area contributed by atoms with Gasteiger partial charge in [0.2, 0.25) is 6.29 Å². The molecule has 0 bridgehead atoms. The van der Waals surface area contributed by atoms with Crippen LogP contribution in [0.1, 0.15) is 13.3 Å². The lowest BCUT2D eigenvalue weighted by atomic mass is 10.3. The zero-order valence-corrected chi connectivity index (χ0v) is 8.08. The molecule has 1 saturated heterocycles. The minimum absolute atomic E-state index is 0.319. The molecule has 2 atom stereocenters. The summed E-state index contributed by atoms with van der Waals surface area (Å²) in [6.07, 6.45) is -2.03. The summed E-state index contributed by atoms with van der Waals surface area (Å²) in [5.41, 5.74) is 0. The maximum atomic E-state index is 11.0. The van der Waals surface area contributed by atoms with Gasteiger partial charge in [0.25, 0.3) is 5.09 Å². The number of hydrogen-bond donors (Lipinski definition) is 0. The Morgan fingerprint density at radius 3 is 2.93 bits per heavy atom. The lowest BCUT2D eigenvalue weighted by Gasteiger charge is -2.13. The molecule has 0 aliphatic carbocycles. The van der Waals surface area contributed by atoms with Gasteiger partial charge < -0.3 is 14.2 Å². The summed E-state index contributed by atoms with van der Waals surface area (Å²) in [5, 5.41) is 8.82. The summed E-state index contributed by atoms with van der Waals surface area (Å²) >= 11 is 0. The highest BCUT2D eigenvalue weighted by Crippen LogP contribution is 2.09. The van der Waals surface area contributed by atoms with Crippen LogP contribution in [0, 0.1) is 10.1 Å². The molecular weight excluding hydrogens is 210 g/mol. The first-order chi connectivity index (χ1) is 7.08. The summed E-state index contributed by atoms with van der Waals surface area (Å²) in [6.45, 7) is 2.06. The monoisotopic (exact) mass is 221 g/mol. The van der Waals surface area contributed by atoms with Gasteiger partial charge in [0, 0.05) is 6.42 Å². The van der Waals surface area contributed by atoms with E-state index in [0.29, 0.717) is 19.6 Å². The van der Waals surface area contributed by atoms with Gasteiger partial charge in [-0.15, -0.1) is 10.1 Å². The molecule has 0 N–H and O–H groups in total. The van der Waals surface area contributed by atoms with Gasteiger partial charge in [-0.3, -0.25) is 4.84 Å². The third-order valence-corrected chi connectivity index (χ3v) is 1.65. The highest BCUT2D eigenvalue weighted by molar-refractivity contribution is 5.60. The standard InChI is InChI=1S/C7H11NO7/c1-5(15-8(10)11)13-7(9)14-6-2-3-12-4-6/h5-6H,2-4H2,1H3. The van der Waals surface area contributed by atoms with Gasteiger partial charge in [0.1, 0.15) is 6.10 Å². The van der Waals surface area contributed by atoms with E-state index >= 15 is 0 Å². The summed E-state index contributed by atoms with van der Waals surface area (Å²) in [6, 6.07) is 0. The average molecular weight is 221 g/mol. The smallest absolute Gasteiger partial charge is 0.428 e. The molecule has 0 amide bonds. The van der Waals surface area contributed by atoms with E-state index in [1.165, 1.54) is 6.92 Å². The molecule has 0 radical (unpaired) electrons. The Morgan fingerprint density at radius 2 is 2.40 bits per heavy atom. The highest BCUT2D eigenvalue weighted by Gasteiger charge is 2.22. The van der Waals surface area contributed by atoms with Crippen LogP contribution in [0.15, 0.2) is 0 Å². The first kappa shape index (κ1) is 11.5. The molecule has 1 aliphatic rings. The molecule has 8 nitrogen and oxygen atoms in total. The third-order valence-electron chi connectivity index (χ3n) is 1.65. The van der Waals surface area contributed by atoms with Crippen molar-refractivity contribution in [2.75, 3.05) is 13.2 Å². The van der Waals surface area contributed by atoms with Crippen LogP contribution in [0.3, 0.4) is 0 Å². The van der Waals surface area contributed by atoms with E-state index in [2.05, 4.69) is 9.57 Å². The lowest BCUT2D eigenvalue weighted by Crippen LogP contribution is -2.25. The highest BCUT2D eigenvalue weighted by atomic mass is 17.0. The molecule has 15 heavy (non-hydrogen) atoms. The van der Waals surface area contributed by atoms with Gasteiger partial charge >= 0.3 is 6.16 Å². The first-order valence-electron chi connectivity index (χ1n) is 4.34. The van der Waals surface area contributed by atoms with E-state index in [9.17, 15) is 14.9 Å². The van der Waals surface area contributed by atoms with E-state index in [4.69, 9.17) is 9.47 Å². The zero-order valence-electron chi connectivity index (χ0n) is 8.08. The van der Waals surface area contributed by atoms with Crippen molar-refractivity contribution in [3.63, 3.8) is 0 Å². The number of carbonyl (C=O) groups excluding carboxylic acids is 1. The normalized spacial score (nSPS) is 21.8. The summed E-state index contributed by atoms with van der Waals surface area (Å²) in [4.78, 5) is 24.8. The molecule has 1 fully saturated rings. The fraction of sp³-hybridized carbons (Fsp3) is 0.857. The maximum Gasteiger partial charge on any atom is 0.510 e. The van der Waals surface area contributed by atoms with Crippen molar-refractivity contribution >= 4 is 6.16 Å². The van der Waals surface area contributed by atoms with Crippen molar-refractivity contribution in [1.82, 2.24) is 0 Å². The molecule has 0 aromatic carbocycles. The van der Waals surface area contributed by atoms with Crippen LogP contribution >= 0.6 is 0 Å². The molecule has 86 valence electrons. The van der Waals surface area contributed by atoms with E-state index in [0.717, 1.165) is 0 Å². The molecule has 2 unspecified atom stereocenters. The van der Waals surface area contributed by atoms with Gasteiger partial charge in [-0.25, -0.2) is 4.79 Å². The molecule has 0 spiro atoms. The minimum Gasteiger partial charge on any atom is -0.428 e. The summed E-state index contributed by atoms with van der Waals surface area (Å²) < 4.78 is 14.2. The molecule has 1 aliphatic heterocycles. The molecule has 1 rings (SSSR count). The number of rotatable bonds is 4. The van der Waals surface area contributed by atoms with Crippen LogP contribution in [0.5, 0.6) is 0 Å². The Bertz CT molecular complexity index is 237. The topological polar surface area (TPSA) is 97.1 Å². The maximum absolute atomic E-state index is 11.0. The van der Waals surface area contributed by atoms with E-state index < -0.39 is 17.5 Å². The quantitative estimate of drug-likeness (QED) is 0.294. The van der Waals surface area contributed by atoms with Crippen LogP contribution in [0.4, 0.5) is 4.79 Å².